The number of hydrogen-bond donors (Lipinski definition) is 7. The average molecular weight is 374 g/mol. The first-order valence-corrected chi connectivity index (χ1v) is 8.15. The maximum absolute atomic E-state index is 11.5. The number of benzene rings is 2. The van der Waals surface area contributed by atoms with Crippen LogP contribution < -0.4 is 22.3 Å². The third-order valence-corrected chi connectivity index (χ3v) is 3.95. The van der Waals surface area contributed by atoms with Gasteiger partial charge in [-0.15, -0.1) is 0 Å². The number of carbonyl (C=O) groups is 2. The number of nitrogens with two attached hydrogens (primary N) is 2. The molecule has 0 heterocycles. The fourth-order valence-electron chi connectivity index (χ4n) is 2.41. The number of hydrogen-bond acceptors (Lipinski definition) is 7. The molecule has 9 heteroatoms. The Morgan fingerprint density at radius 1 is 0.963 bits per heavy atom. The molecule has 2 atom stereocenters. The zero-order valence-corrected chi connectivity index (χ0v) is 14.4. The summed E-state index contributed by atoms with van der Waals surface area (Å²) in [5, 5.41) is 27.6. The quantitative estimate of drug-likeness (QED) is 0.244. The lowest BCUT2D eigenvalue weighted by atomic mass is 10.1. The van der Waals surface area contributed by atoms with Crippen LogP contribution in [0, 0.1) is 0 Å². The van der Waals surface area contributed by atoms with E-state index in [2.05, 4.69) is 10.9 Å². The van der Waals surface area contributed by atoms with Crippen LogP contribution in [0.2, 0.25) is 0 Å². The van der Waals surface area contributed by atoms with E-state index >= 15 is 0 Å². The SMILES string of the molecule is Nc1ccc(C[C@H](N)C(=O)O)cc1NN[C@@H](Cc1ccc(O)cc1)C(=O)O. The predicted molar refractivity (Wildman–Crippen MR) is 100 cm³/mol. The van der Waals surface area contributed by atoms with Gasteiger partial charge in [0.25, 0.3) is 0 Å². The molecule has 0 radical (unpaired) electrons. The molecule has 144 valence electrons. The molecule has 0 unspecified atom stereocenters. The van der Waals surface area contributed by atoms with Gasteiger partial charge in [0.15, 0.2) is 0 Å². The van der Waals surface area contributed by atoms with Gasteiger partial charge >= 0.3 is 11.9 Å². The Hall–Kier alpha value is -3.30. The molecule has 0 aromatic heterocycles. The van der Waals surface area contributed by atoms with Crippen molar-refractivity contribution in [2.75, 3.05) is 11.2 Å². The third kappa shape index (κ3) is 5.87. The minimum Gasteiger partial charge on any atom is -0.508 e. The zero-order valence-electron chi connectivity index (χ0n) is 14.4. The van der Waals surface area contributed by atoms with Crippen molar-refractivity contribution in [3.63, 3.8) is 0 Å². The van der Waals surface area contributed by atoms with E-state index < -0.39 is 24.0 Å². The number of nitrogens with one attached hydrogen (secondary N) is 2. The van der Waals surface area contributed by atoms with E-state index in [-0.39, 0.29) is 18.6 Å². The molecule has 2 rings (SSSR count). The topological polar surface area (TPSA) is 171 Å². The molecule has 0 aliphatic heterocycles. The van der Waals surface area contributed by atoms with Gasteiger partial charge in [-0.3, -0.25) is 9.59 Å². The number of carboxylic acids is 2. The van der Waals surface area contributed by atoms with Gasteiger partial charge in [-0.25, -0.2) is 5.43 Å². The Labute approximate surface area is 155 Å². The molecule has 0 amide bonds. The summed E-state index contributed by atoms with van der Waals surface area (Å²) in [6.45, 7) is 0. The number of anilines is 2. The molecule has 0 fully saturated rings. The van der Waals surface area contributed by atoms with Crippen LogP contribution in [0.4, 0.5) is 11.4 Å². The number of aliphatic carboxylic acids is 2. The molecular formula is C18H22N4O5. The molecule has 0 aliphatic rings. The van der Waals surface area contributed by atoms with Crippen molar-refractivity contribution >= 4 is 23.3 Å². The minimum atomic E-state index is -1.11. The highest BCUT2D eigenvalue weighted by Gasteiger charge is 2.18. The molecule has 2 aromatic carbocycles. The summed E-state index contributed by atoms with van der Waals surface area (Å²) >= 11 is 0. The second-order valence-electron chi connectivity index (χ2n) is 6.10. The summed E-state index contributed by atoms with van der Waals surface area (Å²) in [5.41, 5.74) is 19.1. The van der Waals surface area contributed by atoms with Crippen LogP contribution >= 0.6 is 0 Å². The van der Waals surface area contributed by atoms with Gasteiger partial charge in [0.05, 0.1) is 11.4 Å². The number of carboxylic acid groups (broad SMARTS) is 2. The van der Waals surface area contributed by atoms with Gasteiger partial charge in [0, 0.05) is 6.42 Å². The summed E-state index contributed by atoms with van der Waals surface area (Å²) in [6.07, 6.45) is 0.284. The molecule has 0 saturated heterocycles. The van der Waals surface area contributed by atoms with Crippen LogP contribution in [0.1, 0.15) is 11.1 Å². The minimum absolute atomic E-state index is 0.0980. The normalized spacial score (nSPS) is 12.9. The number of phenolic OH excluding ortho intramolecular Hbond substituents is 1. The lowest BCUT2D eigenvalue weighted by molar-refractivity contribution is -0.139. The average Bonchev–Trinajstić information content (AvgIpc) is 2.62. The van der Waals surface area contributed by atoms with Gasteiger partial charge in [0.2, 0.25) is 0 Å². The molecule has 0 bridgehead atoms. The van der Waals surface area contributed by atoms with Crippen LogP contribution in [0.25, 0.3) is 0 Å². The Kier molecular flexibility index (Phi) is 6.58. The van der Waals surface area contributed by atoms with Crippen molar-refractivity contribution in [2.45, 2.75) is 24.9 Å². The molecule has 0 aliphatic carbocycles. The van der Waals surface area contributed by atoms with E-state index in [1.54, 1.807) is 30.3 Å². The third-order valence-electron chi connectivity index (χ3n) is 3.95. The second-order valence-corrected chi connectivity index (χ2v) is 6.10. The van der Waals surface area contributed by atoms with Gasteiger partial charge < -0.3 is 32.2 Å². The number of hydrazine groups is 1. The Morgan fingerprint density at radius 3 is 2.19 bits per heavy atom. The van der Waals surface area contributed by atoms with Gasteiger partial charge in [0.1, 0.15) is 17.8 Å². The van der Waals surface area contributed by atoms with E-state index in [1.807, 2.05) is 0 Å². The van der Waals surface area contributed by atoms with Crippen LogP contribution in [0.3, 0.4) is 0 Å². The van der Waals surface area contributed by atoms with Crippen LogP contribution in [0.5, 0.6) is 5.75 Å². The Bertz CT molecular complexity index is 810. The smallest absolute Gasteiger partial charge is 0.322 e. The van der Waals surface area contributed by atoms with Gasteiger partial charge in [-0.2, -0.15) is 0 Å². The molecule has 0 saturated carbocycles. The lowest BCUT2D eigenvalue weighted by Crippen LogP contribution is -2.42. The fraction of sp³-hybridized carbons (Fsp3) is 0.222. The predicted octanol–water partition coefficient (Wildman–Crippen LogP) is 0.541. The van der Waals surface area contributed by atoms with Crippen molar-refractivity contribution in [1.82, 2.24) is 5.43 Å². The molecule has 2 aromatic rings. The van der Waals surface area contributed by atoms with Gasteiger partial charge in [-0.1, -0.05) is 18.2 Å². The van der Waals surface area contributed by atoms with E-state index in [4.69, 9.17) is 16.6 Å². The van der Waals surface area contributed by atoms with E-state index in [9.17, 15) is 19.8 Å². The number of aromatic hydroxyl groups is 1. The summed E-state index contributed by atoms with van der Waals surface area (Å²) in [6, 6.07) is 9.09. The van der Waals surface area contributed by atoms with Crippen molar-refractivity contribution in [3.05, 3.63) is 53.6 Å². The first kappa shape index (κ1) is 20.0. The Morgan fingerprint density at radius 2 is 1.59 bits per heavy atom. The van der Waals surface area contributed by atoms with Crippen LogP contribution in [-0.2, 0) is 22.4 Å². The zero-order chi connectivity index (χ0) is 20.0. The molecule has 9 nitrogen and oxygen atoms in total. The lowest BCUT2D eigenvalue weighted by Gasteiger charge is -2.18. The standard InChI is InChI=1S/C18H22N4O5/c19-13-6-3-11(7-14(20)17(24)25)9-15(13)21-22-16(18(26)27)8-10-1-4-12(23)5-2-10/h1-6,9,14,16,21-23H,7-8,19-20H2,(H,24,25)(H,26,27)/t14-,16-/m0/s1. The van der Waals surface area contributed by atoms with E-state index in [0.717, 1.165) is 5.56 Å². The number of phenols is 1. The van der Waals surface area contributed by atoms with E-state index in [1.165, 1.54) is 12.1 Å². The fourth-order valence-corrected chi connectivity index (χ4v) is 2.41. The van der Waals surface area contributed by atoms with Crippen LogP contribution in [0.15, 0.2) is 42.5 Å². The summed E-state index contributed by atoms with van der Waals surface area (Å²) < 4.78 is 0. The summed E-state index contributed by atoms with van der Waals surface area (Å²) in [7, 11) is 0. The first-order chi connectivity index (χ1) is 12.8. The highest BCUT2D eigenvalue weighted by Crippen LogP contribution is 2.20. The highest BCUT2D eigenvalue weighted by atomic mass is 16.4. The van der Waals surface area contributed by atoms with Crippen molar-refractivity contribution in [3.8, 4) is 5.75 Å². The van der Waals surface area contributed by atoms with E-state index in [0.29, 0.717) is 16.9 Å². The first-order valence-electron chi connectivity index (χ1n) is 8.15. The maximum atomic E-state index is 11.5. The van der Waals surface area contributed by atoms with Crippen molar-refractivity contribution in [1.29, 1.82) is 0 Å². The number of rotatable bonds is 9. The molecule has 9 N–H and O–H groups in total. The number of nitrogen functional groups attached to an aromatic ring is 1. The molecular weight excluding hydrogens is 352 g/mol. The summed E-state index contributed by atoms with van der Waals surface area (Å²) in [5.74, 6) is -2.08. The molecule has 27 heavy (non-hydrogen) atoms. The van der Waals surface area contributed by atoms with Gasteiger partial charge in [-0.05, 0) is 41.8 Å². The Balaban J connectivity index is 2.06. The largest absolute Gasteiger partial charge is 0.508 e. The summed E-state index contributed by atoms with van der Waals surface area (Å²) in [4.78, 5) is 22.4. The van der Waals surface area contributed by atoms with Crippen LogP contribution in [-0.4, -0.2) is 39.3 Å². The van der Waals surface area contributed by atoms with Crippen molar-refractivity contribution in [2.24, 2.45) is 5.73 Å². The highest BCUT2D eigenvalue weighted by molar-refractivity contribution is 5.75. The maximum Gasteiger partial charge on any atom is 0.322 e. The second kappa shape index (κ2) is 8.88. The molecule has 0 spiro atoms. The van der Waals surface area contributed by atoms with Crippen molar-refractivity contribution < 1.29 is 24.9 Å². The monoisotopic (exact) mass is 374 g/mol.